The van der Waals surface area contributed by atoms with Crippen LogP contribution in [0.15, 0.2) is 30.5 Å². The second kappa shape index (κ2) is 8.20. The summed E-state index contributed by atoms with van der Waals surface area (Å²) in [4.78, 5) is 17.6. The lowest BCUT2D eigenvalue weighted by Gasteiger charge is -2.25. The van der Waals surface area contributed by atoms with Gasteiger partial charge >= 0.3 is 6.18 Å². The van der Waals surface area contributed by atoms with E-state index in [-0.39, 0.29) is 30.6 Å². The second-order valence-corrected chi connectivity index (χ2v) is 6.93. The van der Waals surface area contributed by atoms with Gasteiger partial charge in [-0.2, -0.15) is 13.2 Å². The standard InChI is InChI=1S/C19H22F4N4O/c1-26(16-6-3-2-5-15(16)20)9-4-8-24-17(28)13-7-10-27-14(11-13)12-25-18(27)19(21,22)23/h2-3,5-6,12-13H,4,7-11H2,1H3,(H,24,28)/t13-/m0/s1. The van der Waals surface area contributed by atoms with Gasteiger partial charge < -0.3 is 14.8 Å². The second-order valence-electron chi connectivity index (χ2n) is 6.93. The van der Waals surface area contributed by atoms with E-state index < -0.39 is 12.0 Å². The fraction of sp³-hybridized carbons (Fsp3) is 0.474. The van der Waals surface area contributed by atoms with Crippen molar-refractivity contribution in [1.82, 2.24) is 14.9 Å². The zero-order valence-electron chi connectivity index (χ0n) is 15.5. The molecule has 1 aromatic carbocycles. The van der Waals surface area contributed by atoms with Crippen molar-refractivity contribution >= 4 is 11.6 Å². The summed E-state index contributed by atoms with van der Waals surface area (Å²) < 4.78 is 53.6. The number of carbonyl (C=O) groups excluding carboxylic acids is 1. The summed E-state index contributed by atoms with van der Waals surface area (Å²) in [5.41, 5.74) is 0.924. The molecule has 0 unspecified atom stereocenters. The molecule has 0 bridgehead atoms. The molecule has 1 aromatic heterocycles. The molecule has 0 saturated heterocycles. The maximum absolute atomic E-state index is 13.7. The molecule has 0 saturated carbocycles. The van der Waals surface area contributed by atoms with E-state index in [1.54, 1.807) is 30.1 Å². The van der Waals surface area contributed by atoms with Crippen LogP contribution in [0.4, 0.5) is 23.2 Å². The third-order valence-electron chi connectivity index (χ3n) is 4.95. The Bertz CT molecular complexity index is 834. The number of anilines is 1. The van der Waals surface area contributed by atoms with Crippen LogP contribution in [-0.4, -0.2) is 35.6 Å². The van der Waals surface area contributed by atoms with Gasteiger partial charge in [-0.1, -0.05) is 12.1 Å². The van der Waals surface area contributed by atoms with Gasteiger partial charge in [-0.3, -0.25) is 4.79 Å². The number of hydrogen-bond donors (Lipinski definition) is 1. The van der Waals surface area contributed by atoms with Crippen LogP contribution < -0.4 is 10.2 Å². The van der Waals surface area contributed by atoms with Crippen molar-refractivity contribution in [3.8, 4) is 0 Å². The van der Waals surface area contributed by atoms with Crippen molar-refractivity contribution in [2.24, 2.45) is 5.92 Å². The van der Waals surface area contributed by atoms with Crippen LogP contribution in [0, 0.1) is 11.7 Å². The molecule has 1 aliphatic heterocycles. The molecule has 28 heavy (non-hydrogen) atoms. The molecule has 0 spiro atoms. The maximum Gasteiger partial charge on any atom is 0.449 e. The SMILES string of the molecule is CN(CCCNC(=O)[C@H]1CCn2c(cnc2C(F)(F)F)C1)c1ccccc1F. The van der Waals surface area contributed by atoms with E-state index in [2.05, 4.69) is 10.3 Å². The summed E-state index contributed by atoms with van der Waals surface area (Å²) in [5, 5.41) is 2.83. The van der Waals surface area contributed by atoms with E-state index in [4.69, 9.17) is 0 Å². The smallest absolute Gasteiger partial charge is 0.372 e. The monoisotopic (exact) mass is 398 g/mol. The third-order valence-corrected chi connectivity index (χ3v) is 4.95. The molecular formula is C19H22F4N4O. The van der Waals surface area contributed by atoms with Gasteiger partial charge in [0.05, 0.1) is 5.69 Å². The fourth-order valence-electron chi connectivity index (χ4n) is 3.47. The highest BCUT2D eigenvalue weighted by Gasteiger charge is 2.39. The lowest BCUT2D eigenvalue weighted by atomic mass is 9.95. The number of nitrogens with one attached hydrogen (secondary N) is 1. The molecule has 1 aliphatic rings. The van der Waals surface area contributed by atoms with Crippen molar-refractivity contribution < 1.29 is 22.4 Å². The van der Waals surface area contributed by atoms with Crippen molar-refractivity contribution in [3.63, 3.8) is 0 Å². The minimum atomic E-state index is -4.49. The van der Waals surface area contributed by atoms with Crippen LogP contribution in [0.3, 0.4) is 0 Å². The topological polar surface area (TPSA) is 50.2 Å². The van der Waals surface area contributed by atoms with Gasteiger partial charge in [0, 0.05) is 50.9 Å². The minimum Gasteiger partial charge on any atom is -0.372 e. The van der Waals surface area contributed by atoms with Gasteiger partial charge in [-0.05, 0) is 25.0 Å². The normalized spacial score (nSPS) is 16.5. The Morgan fingerprint density at radius 3 is 2.82 bits per heavy atom. The van der Waals surface area contributed by atoms with Crippen molar-refractivity contribution in [2.75, 3.05) is 25.0 Å². The Morgan fingerprint density at radius 1 is 1.36 bits per heavy atom. The number of halogens is 4. The van der Waals surface area contributed by atoms with Crippen molar-refractivity contribution in [1.29, 1.82) is 0 Å². The Hall–Kier alpha value is -2.58. The molecule has 1 atom stereocenters. The quantitative estimate of drug-likeness (QED) is 0.600. The van der Waals surface area contributed by atoms with Crippen molar-refractivity contribution in [2.45, 2.75) is 32.0 Å². The molecule has 9 heteroatoms. The minimum absolute atomic E-state index is 0.123. The molecule has 0 fully saturated rings. The van der Waals surface area contributed by atoms with Gasteiger partial charge in [0.2, 0.25) is 11.7 Å². The van der Waals surface area contributed by atoms with Gasteiger partial charge in [-0.15, -0.1) is 0 Å². The lowest BCUT2D eigenvalue weighted by molar-refractivity contribution is -0.147. The number of imidazole rings is 1. The average molecular weight is 398 g/mol. The average Bonchev–Trinajstić information content (AvgIpc) is 3.08. The first-order chi connectivity index (χ1) is 13.3. The summed E-state index contributed by atoms with van der Waals surface area (Å²) in [7, 11) is 1.78. The fourth-order valence-corrected chi connectivity index (χ4v) is 3.47. The summed E-state index contributed by atoms with van der Waals surface area (Å²) in [5.74, 6) is -1.74. The molecule has 152 valence electrons. The van der Waals surface area contributed by atoms with E-state index in [1.165, 1.54) is 12.3 Å². The highest BCUT2D eigenvalue weighted by atomic mass is 19.4. The lowest BCUT2D eigenvalue weighted by Crippen LogP contribution is -2.37. The van der Waals surface area contributed by atoms with Crippen LogP contribution in [0.2, 0.25) is 0 Å². The summed E-state index contributed by atoms with van der Waals surface area (Å²) >= 11 is 0. The predicted molar refractivity (Wildman–Crippen MR) is 96.3 cm³/mol. The van der Waals surface area contributed by atoms with Crippen LogP contribution >= 0.6 is 0 Å². The first-order valence-electron chi connectivity index (χ1n) is 9.12. The highest BCUT2D eigenvalue weighted by Crippen LogP contribution is 2.32. The van der Waals surface area contributed by atoms with Gasteiger partial charge in [-0.25, -0.2) is 9.37 Å². The number of hydrogen-bond acceptors (Lipinski definition) is 3. The highest BCUT2D eigenvalue weighted by molar-refractivity contribution is 5.79. The molecule has 3 rings (SSSR count). The number of carbonyl (C=O) groups is 1. The first kappa shape index (κ1) is 20.2. The van der Waals surface area contributed by atoms with E-state index in [1.807, 2.05) is 0 Å². The number of rotatable bonds is 6. The summed E-state index contributed by atoms with van der Waals surface area (Å²) in [6.45, 7) is 1.10. The molecule has 1 N–H and O–H groups in total. The number of amides is 1. The number of nitrogens with zero attached hydrogens (tertiary/aromatic N) is 3. The number of para-hydroxylation sites is 1. The third kappa shape index (κ3) is 4.45. The summed E-state index contributed by atoms with van der Waals surface area (Å²) in [6.07, 6.45) is -2.08. The van der Waals surface area contributed by atoms with Crippen LogP contribution in [0.25, 0.3) is 0 Å². The molecule has 1 amide bonds. The zero-order chi connectivity index (χ0) is 20.3. The molecule has 2 aromatic rings. The molecule has 0 radical (unpaired) electrons. The maximum atomic E-state index is 13.7. The van der Waals surface area contributed by atoms with Gasteiger partial charge in [0.15, 0.2) is 0 Å². The molecule has 5 nitrogen and oxygen atoms in total. The van der Waals surface area contributed by atoms with Crippen LogP contribution in [0.1, 0.15) is 24.4 Å². The van der Waals surface area contributed by atoms with Gasteiger partial charge in [0.1, 0.15) is 5.82 Å². The van der Waals surface area contributed by atoms with Crippen LogP contribution in [0.5, 0.6) is 0 Å². The Labute approximate surface area is 160 Å². The number of alkyl halides is 3. The molecule has 0 aliphatic carbocycles. The van der Waals surface area contributed by atoms with E-state index in [0.29, 0.717) is 37.3 Å². The van der Waals surface area contributed by atoms with Crippen molar-refractivity contribution in [3.05, 3.63) is 47.8 Å². The Balaban J connectivity index is 1.46. The number of aromatic nitrogens is 2. The van der Waals surface area contributed by atoms with E-state index in [0.717, 1.165) is 4.57 Å². The van der Waals surface area contributed by atoms with E-state index >= 15 is 0 Å². The van der Waals surface area contributed by atoms with E-state index in [9.17, 15) is 22.4 Å². The molecule has 2 heterocycles. The van der Waals surface area contributed by atoms with Crippen LogP contribution in [-0.2, 0) is 23.9 Å². The number of fused-ring (bicyclic) bond motifs is 1. The molecular weight excluding hydrogens is 376 g/mol. The Kier molecular flexibility index (Phi) is 5.90. The largest absolute Gasteiger partial charge is 0.449 e. The Morgan fingerprint density at radius 2 is 2.11 bits per heavy atom. The first-order valence-corrected chi connectivity index (χ1v) is 9.12. The zero-order valence-corrected chi connectivity index (χ0v) is 15.5. The predicted octanol–water partition coefficient (Wildman–Crippen LogP) is 3.25. The number of benzene rings is 1. The van der Waals surface area contributed by atoms with Gasteiger partial charge in [0.25, 0.3) is 0 Å². The summed E-state index contributed by atoms with van der Waals surface area (Å²) in [6, 6.07) is 6.47.